The van der Waals surface area contributed by atoms with Crippen molar-refractivity contribution in [2.75, 3.05) is 6.61 Å². The Bertz CT molecular complexity index is 313. The Labute approximate surface area is 103 Å². The Hall–Kier alpha value is -0.160. The normalized spacial score (nSPS) is 47.3. The molecule has 98 valence electrons. The highest BCUT2D eigenvalue weighted by Crippen LogP contribution is 2.45. The van der Waals surface area contributed by atoms with Crippen molar-refractivity contribution in [3.63, 3.8) is 0 Å². The summed E-state index contributed by atoms with van der Waals surface area (Å²) in [4.78, 5) is 0. The first-order valence-corrected chi connectivity index (χ1v) is 6.54. The summed E-state index contributed by atoms with van der Waals surface area (Å²) in [5, 5.41) is 0. The molecular weight excluding hydrogens is 220 g/mol. The van der Waals surface area contributed by atoms with E-state index in [2.05, 4.69) is 0 Å². The van der Waals surface area contributed by atoms with Crippen LogP contribution >= 0.6 is 0 Å². The van der Waals surface area contributed by atoms with E-state index in [1.165, 1.54) is 0 Å². The molecule has 0 aromatic carbocycles. The summed E-state index contributed by atoms with van der Waals surface area (Å²) in [6.07, 6.45) is 2.74. The molecule has 4 heteroatoms. The fourth-order valence-corrected chi connectivity index (χ4v) is 3.29. The molecule has 2 heterocycles. The van der Waals surface area contributed by atoms with Gasteiger partial charge in [-0.2, -0.15) is 0 Å². The summed E-state index contributed by atoms with van der Waals surface area (Å²) in [6, 6.07) is 0. The van der Waals surface area contributed by atoms with Crippen LogP contribution in [0.1, 0.15) is 40.5 Å². The second-order valence-electron chi connectivity index (χ2n) is 6.25. The van der Waals surface area contributed by atoms with E-state index in [0.29, 0.717) is 12.5 Å². The largest absolute Gasteiger partial charge is 0.348 e. The summed E-state index contributed by atoms with van der Waals surface area (Å²) in [5.41, 5.74) is 0. The molecule has 0 unspecified atom stereocenters. The maximum absolute atomic E-state index is 6.01. The molecule has 3 fully saturated rings. The molecule has 0 aromatic heterocycles. The van der Waals surface area contributed by atoms with Crippen LogP contribution in [0.15, 0.2) is 0 Å². The first-order valence-electron chi connectivity index (χ1n) is 6.54. The molecule has 1 saturated carbocycles. The van der Waals surface area contributed by atoms with Gasteiger partial charge in [-0.05, 0) is 40.5 Å². The van der Waals surface area contributed by atoms with Gasteiger partial charge in [0.2, 0.25) is 0 Å². The lowest BCUT2D eigenvalue weighted by Gasteiger charge is -2.26. The van der Waals surface area contributed by atoms with E-state index >= 15 is 0 Å². The molecule has 4 nitrogen and oxygen atoms in total. The zero-order chi connectivity index (χ0) is 12.3. The van der Waals surface area contributed by atoms with Crippen LogP contribution in [0.5, 0.6) is 0 Å². The second kappa shape index (κ2) is 3.67. The minimum atomic E-state index is -0.447. The van der Waals surface area contributed by atoms with E-state index in [0.717, 1.165) is 12.8 Å². The molecule has 0 N–H and O–H groups in total. The molecule has 17 heavy (non-hydrogen) atoms. The monoisotopic (exact) mass is 242 g/mol. The Morgan fingerprint density at radius 3 is 2.18 bits per heavy atom. The molecule has 1 aliphatic carbocycles. The van der Waals surface area contributed by atoms with Crippen LogP contribution in [0.4, 0.5) is 0 Å². The third-order valence-electron chi connectivity index (χ3n) is 3.94. The van der Waals surface area contributed by atoms with Gasteiger partial charge in [0.1, 0.15) is 0 Å². The van der Waals surface area contributed by atoms with Gasteiger partial charge in [0.05, 0.1) is 24.9 Å². The Balaban J connectivity index is 1.70. The summed E-state index contributed by atoms with van der Waals surface area (Å²) < 4.78 is 23.5. The zero-order valence-corrected chi connectivity index (χ0v) is 11.1. The maximum Gasteiger partial charge on any atom is 0.163 e. The predicted octanol–water partition coefficient (Wildman–Crippen LogP) is 2.07. The predicted molar refractivity (Wildman–Crippen MR) is 61.5 cm³/mol. The van der Waals surface area contributed by atoms with Crippen LogP contribution in [0, 0.1) is 5.92 Å². The average molecular weight is 242 g/mol. The first kappa shape index (κ1) is 11.9. The van der Waals surface area contributed by atoms with E-state index in [-0.39, 0.29) is 18.3 Å². The smallest absolute Gasteiger partial charge is 0.163 e. The fraction of sp³-hybridized carbons (Fsp3) is 1.00. The topological polar surface area (TPSA) is 36.9 Å². The van der Waals surface area contributed by atoms with E-state index in [1.54, 1.807) is 0 Å². The van der Waals surface area contributed by atoms with Crippen molar-refractivity contribution in [1.29, 1.82) is 0 Å². The maximum atomic E-state index is 6.01. The SMILES string of the molecule is CC1(C)O[C@@H]2[C@@H]([C@H]3COC(C)(C)O3)CC[C@@H]2O1. The zero-order valence-electron chi connectivity index (χ0n) is 11.1. The molecular formula is C13H22O4. The highest BCUT2D eigenvalue weighted by Gasteiger charge is 2.53. The third kappa shape index (κ3) is 2.12. The minimum absolute atomic E-state index is 0.150. The molecule has 0 bridgehead atoms. The van der Waals surface area contributed by atoms with Gasteiger partial charge in [-0.3, -0.25) is 0 Å². The first-order chi connectivity index (χ1) is 7.86. The average Bonchev–Trinajstić information content (AvgIpc) is 2.77. The van der Waals surface area contributed by atoms with Crippen molar-refractivity contribution in [1.82, 2.24) is 0 Å². The van der Waals surface area contributed by atoms with Gasteiger partial charge in [-0.15, -0.1) is 0 Å². The highest BCUT2D eigenvalue weighted by atomic mass is 16.8. The molecule has 0 radical (unpaired) electrons. The van der Waals surface area contributed by atoms with Gasteiger partial charge in [0, 0.05) is 5.92 Å². The van der Waals surface area contributed by atoms with Crippen molar-refractivity contribution in [2.24, 2.45) is 5.92 Å². The standard InChI is InChI=1S/C13H22O4/c1-12(2)14-7-10(16-12)8-5-6-9-11(8)17-13(3,4)15-9/h8-11H,5-7H2,1-4H3/t8-,9+,10-,11-/m1/s1. The molecule has 0 amide bonds. The van der Waals surface area contributed by atoms with Gasteiger partial charge >= 0.3 is 0 Å². The van der Waals surface area contributed by atoms with E-state index in [4.69, 9.17) is 18.9 Å². The van der Waals surface area contributed by atoms with Gasteiger partial charge in [0.15, 0.2) is 11.6 Å². The number of ether oxygens (including phenoxy) is 4. The fourth-order valence-electron chi connectivity index (χ4n) is 3.29. The molecule has 3 aliphatic rings. The van der Waals surface area contributed by atoms with Gasteiger partial charge in [-0.1, -0.05) is 0 Å². The van der Waals surface area contributed by atoms with E-state index in [9.17, 15) is 0 Å². The number of rotatable bonds is 1. The Kier molecular flexibility index (Phi) is 2.57. The van der Waals surface area contributed by atoms with Crippen molar-refractivity contribution in [3.8, 4) is 0 Å². The van der Waals surface area contributed by atoms with Crippen LogP contribution < -0.4 is 0 Å². The van der Waals surface area contributed by atoms with Crippen LogP contribution in [0.25, 0.3) is 0 Å². The summed E-state index contributed by atoms with van der Waals surface area (Å²) >= 11 is 0. The number of fused-ring (bicyclic) bond motifs is 1. The van der Waals surface area contributed by atoms with Crippen LogP contribution in [-0.4, -0.2) is 36.5 Å². The molecule has 3 rings (SSSR count). The number of hydrogen-bond donors (Lipinski definition) is 0. The number of hydrogen-bond acceptors (Lipinski definition) is 4. The molecule has 2 saturated heterocycles. The third-order valence-corrected chi connectivity index (χ3v) is 3.94. The van der Waals surface area contributed by atoms with Crippen molar-refractivity contribution in [3.05, 3.63) is 0 Å². The lowest BCUT2D eigenvalue weighted by Crippen LogP contribution is -2.35. The van der Waals surface area contributed by atoms with Gasteiger partial charge < -0.3 is 18.9 Å². The van der Waals surface area contributed by atoms with Crippen LogP contribution in [-0.2, 0) is 18.9 Å². The highest BCUT2D eigenvalue weighted by molar-refractivity contribution is 4.97. The van der Waals surface area contributed by atoms with Gasteiger partial charge in [-0.25, -0.2) is 0 Å². The summed E-state index contributed by atoms with van der Waals surface area (Å²) in [5.74, 6) is -0.482. The lowest BCUT2D eigenvalue weighted by atomic mass is 9.99. The molecule has 2 aliphatic heterocycles. The van der Waals surface area contributed by atoms with E-state index < -0.39 is 11.6 Å². The quantitative estimate of drug-likeness (QED) is 0.705. The van der Waals surface area contributed by atoms with Crippen LogP contribution in [0.3, 0.4) is 0 Å². The lowest BCUT2D eigenvalue weighted by molar-refractivity contribution is -0.171. The Morgan fingerprint density at radius 2 is 1.53 bits per heavy atom. The summed E-state index contributed by atoms with van der Waals surface area (Å²) in [7, 11) is 0. The minimum Gasteiger partial charge on any atom is -0.348 e. The Morgan fingerprint density at radius 1 is 0.824 bits per heavy atom. The van der Waals surface area contributed by atoms with Gasteiger partial charge in [0.25, 0.3) is 0 Å². The van der Waals surface area contributed by atoms with Crippen molar-refractivity contribution < 1.29 is 18.9 Å². The molecule has 0 spiro atoms. The summed E-state index contributed by atoms with van der Waals surface area (Å²) in [6.45, 7) is 8.58. The van der Waals surface area contributed by atoms with Crippen molar-refractivity contribution in [2.45, 2.75) is 70.4 Å². The van der Waals surface area contributed by atoms with Crippen LogP contribution in [0.2, 0.25) is 0 Å². The van der Waals surface area contributed by atoms with E-state index in [1.807, 2.05) is 27.7 Å². The second-order valence-corrected chi connectivity index (χ2v) is 6.25. The molecule has 0 aromatic rings. The molecule has 4 atom stereocenters. The van der Waals surface area contributed by atoms with Crippen molar-refractivity contribution >= 4 is 0 Å².